The van der Waals surface area contributed by atoms with E-state index < -0.39 is 5.97 Å². The molecule has 1 aromatic rings. The van der Waals surface area contributed by atoms with E-state index in [0.717, 1.165) is 11.4 Å². The van der Waals surface area contributed by atoms with Crippen LogP contribution < -0.4 is 9.64 Å². The van der Waals surface area contributed by atoms with Gasteiger partial charge in [0.1, 0.15) is 12.3 Å². The molecule has 0 heterocycles. The van der Waals surface area contributed by atoms with Crippen LogP contribution in [0.2, 0.25) is 0 Å². The third-order valence-electron chi connectivity index (χ3n) is 2.33. The van der Waals surface area contributed by atoms with Crippen LogP contribution in [0.5, 0.6) is 5.75 Å². The van der Waals surface area contributed by atoms with Crippen LogP contribution in [0.25, 0.3) is 0 Å². The SMILES string of the molecule is COc1cccc(N(CC(=O)O)CC(C)C)c1. The van der Waals surface area contributed by atoms with E-state index in [1.54, 1.807) is 7.11 Å². The molecule has 0 aromatic heterocycles. The summed E-state index contributed by atoms with van der Waals surface area (Å²) >= 11 is 0. The molecule has 94 valence electrons. The Hall–Kier alpha value is -1.71. The number of nitrogens with zero attached hydrogens (tertiary/aromatic N) is 1. The van der Waals surface area contributed by atoms with Crippen molar-refractivity contribution >= 4 is 11.7 Å². The van der Waals surface area contributed by atoms with E-state index >= 15 is 0 Å². The summed E-state index contributed by atoms with van der Waals surface area (Å²) in [6.45, 7) is 4.84. The molecule has 4 nitrogen and oxygen atoms in total. The van der Waals surface area contributed by atoms with Gasteiger partial charge in [-0.2, -0.15) is 0 Å². The van der Waals surface area contributed by atoms with E-state index in [9.17, 15) is 4.79 Å². The monoisotopic (exact) mass is 237 g/mol. The van der Waals surface area contributed by atoms with Crippen LogP contribution in [0, 0.1) is 5.92 Å². The first-order valence-corrected chi connectivity index (χ1v) is 5.63. The maximum Gasteiger partial charge on any atom is 0.323 e. The van der Waals surface area contributed by atoms with Crippen LogP contribution >= 0.6 is 0 Å². The first-order valence-electron chi connectivity index (χ1n) is 5.63. The maximum absolute atomic E-state index is 10.8. The lowest BCUT2D eigenvalue weighted by atomic mass is 10.2. The molecule has 0 amide bonds. The molecule has 0 aliphatic heterocycles. The predicted octanol–water partition coefficient (Wildman–Crippen LogP) is 2.24. The number of aliphatic carboxylic acids is 1. The van der Waals surface area contributed by atoms with Gasteiger partial charge < -0.3 is 14.7 Å². The Balaban J connectivity index is 2.90. The molecule has 0 aliphatic carbocycles. The lowest BCUT2D eigenvalue weighted by molar-refractivity contribution is -0.135. The zero-order valence-electron chi connectivity index (χ0n) is 10.5. The van der Waals surface area contributed by atoms with Crippen molar-refractivity contribution in [1.29, 1.82) is 0 Å². The Labute approximate surface area is 102 Å². The van der Waals surface area contributed by atoms with E-state index in [4.69, 9.17) is 9.84 Å². The quantitative estimate of drug-likeness (QED) is 0.824. The molecule has 17 heavy (non-hydrogen) atoms. The zero-order chi connectivity index (χ0) is 12.8. The van der Waals surface area contributed by atoms with E-state index in [1.807, 2.05) is 29.2 Å². The fourth-order valence-corrected chi connectivity index (χ4v) is 1.67. The lowest BCUT2D eigenvalue weighted by Gasteiger charge is -2.25. The smallest absolute Gasteiger partial charge is 0.323 e. The summed E-state index contributed by atoms with van der Waals surface area (Å²) < 4.78 is 5.14. The number of hydrogen-bond acceptors (Lipinski definition) is 3. The summed E-state index contributed by atoms with van der Waals surface area (Å²) in [7, 11) is 1.60. The molecule has 4 heteroatoms. The molecule has 0 bridgehead atoms. The molecule has 1 N–H and O–H groups in total. The van der Waals surface area contributed by atoms with E-state index in [1.165, 1.54) is 0 Å². The van der Waals surface area contributed by atoms with Crippen LogP contribution in [-0.2, 0) is 4.79 Å². The summed E-state index contributed by atoms with van der Waals surface area (Å²) in [5, 5.41) is 8.91. The van der Waals surface area contributed by atoms with Gasteiger partial charge in [0.15, 0.2) is 0 Å². The van der Waals surface area contributed by atoms with Crippen molar-refractivity contribution in [3.05, 3.63) is 24.3 Å². The summed E-state index contributed by atoms with van der Waals surface area (Å²) in [5.74, 6) is 0.315. The Morgan fingerprint density at radius 2 is 2.18 bits per heavy atom. The molecule has 0 radical (unpaired) electrons. The van der Waals surface area contributed by atoms with Gasteiger partial charge in [-0.1, -0.05) is 19.9 Å². The third-order valence-corrected chi connectivity index (χ3v) is 2.33. The maximum atomic E-state index is 10.8. The van der Waals surface area contributed by atoms with Crippen LogP contribution in [0.4, 0.5) is 5.69 Å². The van der Waals surface area contributed by atoms with Crippen LogP contribution in [0.15, 0.2) is 24.3 Å². The Bertz CT molecular complexity index is 377. The molecule has 0 fully saturated rings. The van der Waals surface area contributed by atoms with E-state index in [2.05, 4.69) is 13.8 Å². The standard InChI is InChI=1S/C13H19NO3/c1-10(2)8-14(9-13(15)16)11-5-4-6-12(7-11)17-3/h4-7,10H,8-9H2,1-3H3,(H,15,16). The molecule has 0 spiro atoms. The van der Waals surface area contributed by atoms with Crippen molar-refractivity contribution in [3.63, 3.8) is 0 Å². The average molecular weight is 237 g/mol. The van der Waals surface area contributed by atoms with Crippen molar-refractivity contribution in [2.45, 2.75) is 13.8 Å². The van der Waals surface area contributed by atoms with Crippen molar-refractivity contribution in [2.24, 2.45) is 5.92 Å². The van der Waals surface area contributed by atoms with Gasteiger partial charge in [-0.15, -0.1) is 0 Å². The topological polar surface area (TPSA) is 49.8 Å². The minimum Gasteiger partial charge on any atom is -0.497 e. The molecule has 0 aliphatic rings. The number of hydrogen-bond donors (Lipinski definition) is 1. The van der Waals surface area contributed by atoms with Crippen LogP contribution in [0.1, 0.15) is 13.8 Å². The van der Waals surface area contributed by atoms with Gasteiger partial charge in [0, 0.05) is 18.3 Å². The number of rotatable bonds is 6. The normalized spacial score (nSPS) is 10.4. The average Bonchev–Trinajstić information content (AvgIpc) is 2.27. The third kappa shape index (κ3) is 4.34. The highest BCUT2D eigenvalue weighted by atomic mass is 16.5. The van der Waals surface area contributed by atoms with Crippen molar-refractivity contribution < 1.29 is 14.6 Å². The highest BCUT2D eigenvalue weighted by Gasteiger charge is 2.12. The Morgan fingerprint density at radius 1 is 1.47 bits per heavy atom. The zero-order valence-corrected chi connectivity index (χ0v) is 10.5. The Morgan fingerprint density at radius 3 is 2.71 bits per heavy atom. The van der Waals surface area contributed by atoms with Crippen LogP contribution in [0.3, 0.4) is 0 Å². The van der Waals surface area contributed by atoms with E-state index in [-0.39, 0.29) is 6.54 Å². The molecule has 0 saturated carbocycles. The summed E-state index contributed by atoms with van der Waals surface area (Å²) in [5.41, 5.74) is 0.875. The second kappa shape index (κ2) is 6.13. The highest BCUT2D eigenvalue weighted by Crippen LogP contribution is 2.21. The number of carboxylic acids is 1. The van der Waals surface area contributed by atoms with Gasteiger partial charge in [-0.05, 0) is 18.1 Å². The molecule has 0 unspecified atom stereocenters. The van der Waals surface area contributed by atoms with Gasteiger partial charge in [-0.25, -0.2) is 0 Å². The largest absolute Gasteiger partial charge is 0.497 e. The molecular formula is C13H19NO3. The molecule has 0 atom stereocenters. The van der Waals surface area contributed by atoms with Gasteiger partial charge in [-0.3, -0.25) is 4.79 Å². The molecule has 1 aromatic carbocycles. The van der Waals surface area contributed by atoms with Crippen molar-refractivity contribution in [1.82, 2.24) is 0 Å². The number of benzene rings is 1. The predicted molar refractivity (Wildman–Crippen MR) is 67.7 cm³/mol. The second-order valence-corrected chi connectivity index (χ2v) is 4.37. The molecular weight excluding hydrogens is 218 g/mol. The van der Waals surface area contributed by atoms with E-state index in [0.29, 0.717) is 12.5 Å². The number of methoxy groups -OCH3 is 1. The fraction of sp³-hybridized carbons (Fsp3) is 0.462. The number of ether oxygens (including phenoxy) is 1. The van der Waals surface area contributed by atoms with Gasteiger partial charge in [0.25, 0.3) is 0 Å². The number of anilines is 1. The van der Waals surface area contributed by atoms with Gasteiger partial charge in [0.2, 0.25) is 0 Å². The summed E-state index contributed by atoms with van der Waals surface area (Å²) in [4.78, 5) is 12.7. The van der Waals surface area contributed by atoms with Gasteiger partial charge >= 0.3 is 5.97 Å². The second-order valence-electron chi connectivity index (χ2n) is 4.37. The van der Waals surface area contributed by atoms with Crippen molar-refractivity contribution in [2.75, 3.05) is 25.1 Å². The van der Waals surface area contributed by atoms with Crippen LogP contribution in [-0.4, -0.2) is 31.3 Å². The van der Waals surface area contributed by atoms with Crippen molar-refractivity contribution in [3.8, 4) is 5.75 Å². The minimum absolute atomic E-state index is 0.00531. The fourth-order valence-electron chi connectivity index (χ4n) is 1.67. The first-order chi connectivity index (χ1) is 8.02. The first kappa shape index (κ1) is 13.4. The lowest BCUT2D eigenvalue weighted by Crippen LogP contribution is -2.32. The Kier molecular flexibility index (Phi) is 4.82. The minimum atomic E-state index is -0.825. The molecule has 0 saturated heterocycles. The number of carbonyl (C=O) groups is 1. The summed E-state index contributed by atoms with van der Waals surface area (Å²) in [6.07, 6.45) is 0. The highest BCUT2D eigenvalue weighted by molar-refractivity contribution is 5.74. The summed E-state index contributed by atoms with van der Waals surface area (Å²) in [6, 6.07) is 7.46. The van der Waals surface area contributed by atoms with Gasteiger partial charge in [0.05, 0.1) is 7.11 Å². The molecule has 1 rings (SSSR count). The number of carboxylic acid groups (broad SMARTS) is 1.